The first-order chi connectivity index (χ1) is 6.31. The fraction of sp³-hybridized carbons (Fsp3) is 0.333. The van der Waals surface area contributed by atoms with E-state index in [2.05, 4.69) is 27.0 Å². The molecule has 0 aliphatic heterocycles. The van der Waals surface area contributed by atoms with Crippen LogP contribution in [0.5, 0.6) is 5.75 Å². The molecule has 0 amide bonds. The highest BCUT2D eigenvalue weighted by atomic mass is 79.9. The summed E-state index contributed by atoms with van der Waals surface area (Å²) >= 11 is 3.26. The van der Waals surface area contributed by atoms with E-state index in [1.165, 1.54) is 0 Å². The number of nitrogens with zero attached hydrogens (tertiary/aromatic N) is 2. The summed E-state index contributed by atoms with van der Waals surface area (Å²) < 4.78 is 6.16. The second kappa shape index (κ2) is 3.35. The van der Waals surface area contributed by atoms with Gasteiger partial charge in [-0.05, 0) is 34.8 Å². The van der Waals surface area contributed by atoms with Crippen LogP contribution >= 0.6 is 15.9 Å². The average Bonchev–Trinajstić information content (AvgIpc) is 2.92. The Morgan fingerprint density at radius 3 is 3.00 bits per heavy atom. The molecule has 0 unspecified atom stereocenters. The molecule has 1 aliphatic carbocycles. The van der Waals surface area contributed by atoms with E-state index >= 15 is 0 Å². The van der Waals surface area contributed by atoms with E-state index in [0.29, 0.717) is 15.9 Å². The highest BCUT2D eigenvalue weighted by Gasteiger charge is 2.25. The molecule has 2 rings (SSSR count). The zero-order valence-electron chi connectivity index (χ0n) is 6.83. The highest BCUT2D eigenvalue weighted by molar-refractivity contribution is 9.10. The van der Waals surface area contributed by atoms with Crippen molar-refractivity contribution in [2.45, 2.75) is 18.9 Å². The first kappa shape index (κ1) is 8.52. The topological polar surface area (TPSA) is 45.9 Å². The van der Waals surface area contributed by atoms with Gasteiger partial charge in [-0.25, -0.2) is 4.98 Å². The quantitative estimate of drug-likeness (QED) is 0.743. The van der Waals surface area contributed by atoms with Crippen molar-refractivity contribution in [1.29, 1.82) is 5.26 Å². The van der Waals surface area contributed by atoms with Crippen LogP contribution in [0, 0.1) is 11.3 Å². The molecule has 66 valence electrons. The van der Waals surface area contributed by atoms with Gasteiger partial charge in [-0.1, -0.05) is 0 Å². The Kier molecular flexibility index (Phi) is 2.19. The Morgan fingerprint density at radius 1 is 1.62 bits per heavy atom. The maximum atomic E-state index is 8.80. The van der Waals surface area contributed by atoms with Crippen LogP contribution < -0.4 is 4.74 Å². The summed E-state index contributed by atoms with van der Waals surface area (Å²) in [6.07, 6.45) is 4.02. The Hall–Kier alpha value is -1.08. The van der Waals surface area contributed by atoms with Gasteiger partial charge >= 0.3 is 0 Å². The van der Waals surface area contributed by atoms with Crippen molar-refractivity contribution in [3.8, 4) is 11.8 Å². The van der Waals surface area contributed by atoms with Crippen molar-refractivity contribution < 1.29 is 4.74 Å². The van der Waals surface area contributed by atoms with Crippen molar-refractivity contribution >= 4 is 15.9 Å². The standard InChI is InChI=1S/C9H7BrN2O/c10-9-8(13-7-1-2-7)6(5-11)3-4-12-9/h3-4,7H,1-2H2. The van der Waals surface area contributed by atoms with Gasteiger partial charge in [0.2, 0.25) is 0 Å². The molecule has 3 nitrogen and oxygen atoms in total. The van der Waals surface area contributed by atoms with Crippen LogP contribution in [0.25, 0.3) is 0 Å². The van der Waals surface area contributed by atoms with Gasteiger partial charge in [0, 0.05) is 6.20 Å². The molecular weight excluding hydrogens is 232 g/mol. The van der Waals surface area contributed by atoms with Crippen LogP contribution in [0.3, 0.4) is 0 Å². The van der Waals surface area contributed by atoms with Crippen molar-refractivity contribution in [3.63, 3.8) is 0 Å². The number of halogens is 1. The largest absolute Gasteiger partial charge is 0.486 e. The summed E-state index contributed by atoms with van der Waals surface area (Å²) in [6.45, 7) is 0. The smallest absolute Gasteiger partial charge is 0.170 e. The predicted molar refractivity (Wildman–Crippen MR) is 50.3 cm³/mol. The fourth-order valence-electron chi connectivity index (χ4n) is 0.975. The normalized spacial score (nSPS) is 15.1. The number of nitriles is 1. The zero-order valence-corrected chi connectivity index (χ0v) is 8.41. The van der Waals surface area contributed by atoms with Gasteiger partial charge in [0.05, 0.1) is 11.7 Å². The number of pyridine rings is 1. The minimum absolute atomic E-state index is 0.285. The van der Waals surface area contributed by atoms with Crippen LogP contribution in [-0.4, -0.2) is 11.1 Å². The molecule has 1 saturated carbocycles. The second-order valence-electron chi connectivity index (χ2n) is 2.91. The molecular formula is C9H7BrN2O. The molecule has 0 radical (unpaired) electrons. The predicted octanol–water partition coefficient (Wildman–Crippen LogP) is 2.26. The first-order valence-electron chi connectivity index (χ1n) is 4.02. The summed E-state index contributed by atoms with van der Waals surface area (Å²) in [5.74, 6) is 0.576. The van der Waals surface area contributed by atoms with Crippen molar-refractivity contribution in [2.75, 3.05) is 0 Å². The average molecular weight is 239 g/mol. The number of ether oxygens (including phenoxy) is 1. The monoisotopic (exact) mass is 238 g/mol. The second-order valence-corrected chi connectivity index (χ2v) is 3.66. The third-order valence-corrected chi connectivity index (χ3v) is 2.36. The van der Waals surface area contributed by atoms with Gasteiger partial charge < -0.3 is 4.74 Å². The minimum Gasteiger partial charge on any atom is -0.486 e. The Labute approximate surface area is 84.5 Å². The summed E-state index contributed by atoms with van der Waals surface area (Å²) in [5.41, 5.74) is 0.536. The maximum absolute atomic E-state index is 8.80. The fourth-order valence-corrected chi connectivity index (χ4v) is 1.40. The third-order valence-electron chi connectivity index (χ3n) is 1.79. The van der Waals surface area contributed by atoms with E-state index in [4.69, 9.17) is 10.00 Å². The molecule has 0 spiro atoms. The van der Waals surface area contributed by atoms with Crippen molar-refractivity contribution in [1.82, 2.24) is 4.98 Å². The number of hydrogen-bond donors (Lipinski definition) is 0. The number of hydrogen-bond acceptors (Lipinski definition) is 3. The first-order valence-corrected chi connectivity index (χ1v) is 4.82. The zero-order chi connectivity index (χ0) is 9.26. The summed E-state index contributed by atoms with van der Waals surface area (Å²) in [6, 6.07) is 3.73. The third kappa shape index (κ3) is 1.81. The lowest BCUT2D eigenvalue weighted by Gasteiger charge is -2.06. The molecule has 13 heavy (non-hydrogen) atoms. The van der Waals surface area contributed by atoms with Crippen LogP contribution in [0.1, 0.15) is 18.4 Å². The SMILES string of the molecule is N#Cc1ccnc(Br)c1OC1CC1. The van der Waals surface area contributed by atoms with E-state index in [-0.39, 0.29) is 6.10 Å². The highest BCUT2D eigenvalue weighted by Crippen LogP contribution is 2.33. The molecule has 0 N–H and O–H groups in total. The summed E-state index contributed by atoms with van der Waals surface area (Å²) in [4.78, 5) is 4.01. The van der Waals surface area contributed by atoms with Gasteiger partial charge in [0.1, 0.15) is 10.7 Å². The lowest BCUT2D eigenvalue weighted by atomic mass is 10.3. The van der Waals surface area contributed by atoms with E-state index in [9.17, 15) is 0 Å². The van der Waals surface area contributed by atoms with Crippen molar-refractivity contribution in [3.05, 3.63) is 22.4 Å². The van der Waals surface area contributed by atoms with Crippen LogP contribution in [0.2, 0.25) is 0 Å². The summed E-state index contributed by atoms with van der Waals surface area (Å²) in [7, 11) is 0. The van der Waals surface area contributed by atoms with Crippen molar-refractivity contribution in [2.24, 2.45) is 0 Å². The molecule has 0 bridgehead atoms. The van der Waals surface area contributed by atoms with Crippen LogP contribution in [-0.2, 0) is 0 Å². The van der Waals surface area contributed by atoms with Gasteiger partial charge in [0.25, 0.3) is 0 Å². The lowest BCUT2D eigenvalue weighted by molar-refractivity contribution is 0.299. The molecule has 4 heteroatoms. The van der Waals surface area contributed by atoms with E-state index in [1.54, 1.807) is 12.3 Å². The van der Waals surface area contributed by atoms with E-state index < -0.39 is 0 Å². The van der Waals surface area contributed by atoms with Crippen LogP contribution in [0.4, 0.5) is 0 Å². The molecule has 1 aromatic heterocycles. The molecule has 1 heterocycles. The van der Waals surface area contributed by atoms with Gasteiger partial charge in [0.15, 0.2) is 5.75 Å². The van der Waals surface area contributed by atoms with Gasteiger partial charge in [-0.2, -0.15) is 5.26 Å². The van der Waals surface area contributed by atoms with Crippen LogP contribution in [0.15, 0.2) is 16.9 Å². The molecule has 0 atom stereocenters. The molecule has 1 fully saturated rings. The summed E-state index contributed by atoms with van der Waals surface area (Å²) in [5, 5.41) is 8.80. The molecule has 0 saturated heterocycles. The molecule has 1 aliphatic rings. The molecule has 0 aromatic carbocycles. The van der Waals surface area contributed by atoms with Gasteiger partial charge in [-0.3, -0.25) is 0 Å². The number of rotatable bonds is 2. The number of aromatic nitrogens is 1. The van der Waals surface area contributed by atoms with Gasteiger partial charge in [-0.15, -0.1) is 0 Å². The van der Waals surface area contributed by atoms with E-state index in [0.717, 1.165) is 12.8 Å². The Bertz CT molecular complexity index is 368. The molecule has 1 aromatic rings. The lowest BCUT2D eigenvalue weighted by Crippen LogP contribution is -1.99. The Morgan fingerprint density at radius 2 is 2.38 bits per heavy atom. The minimum atomic E-state index is 0.285. The maximum Gasteiger partial charge on any atom is 0.170 e. The Balaban J connectivity index is 2.34. The van der Waals surface area contributed by atoms with E-state index in [1.807, 2.05) is 0 Å².